The first kappa shape index (κ1) is 20.7. The first-order valence-electron chi connectivity index (χ1n) is 10.2. The van der Waals surface area contributed by atoms with E-state index in [1.807, 2.05) is 6.08 Å². The normalized spacial score (nSPS) is 30.1. The third kappa shape index (κ3) is 6.94. The molecule has 0 saturated heterocycles. The van der Waals surface area contributed by atoms with Crippen LogP contribution >= 0.6 is 0 Å². The van der Waals surface area contributed by atoms with E-state index in [1.165, 1.54) is 31.4 Å². The molecular formula is C22H32FNO2. The van der Waals surface area contributed by atoms with E-state index in [-0.39, 0.29) is 18.0 Å². The summed E-state index contributed by atoms with van der Waals surface area (Å²) in [5, 5.41) is 8.33. The van der Waals surface area contributed by atoms with Crippen LogP contribution in [0, 0.1) is 29.1 Å². The largest absolute Gasteiger partial charge is 0.462 e. The van der Waals surface area contributed by atoms with Crippen molar-refractivity contribution in [1.82, 2.24) is 0 Å². The lowest BCUT2D eigenvalue weighted by Crippen LogP contribution is -2.30. The number of allylic oxidation sites excluding steroid dienone is 4. The molecule has 0 aromatic heterocycles. The predicted molar refractivity (Wildman–Crippen MR) is 101 cm³/mol. The van der Waals surface area contributed by atoms with Crippen molar-refractivity contribution in [2.45, 2.75) is 83.7 Å². The maximum Gasteiger partial charge on any atom is 0.309 e. The lowest BCUT2D eigenvalue weighted by Gasteiger charge is -2.31. The summed E-state index contributed by atoms with van der Waals surface area (Å²) in [6.45, 7) is 2.24. The maximum absolute atomic E-state index is 12.6. The van der Waals surface area contributed by atoms with E-state index in [0.717, 1.165) is 57.3 Å². The van der Waals surface area contributed by atoms with Crippen LogP contribution in [0.1, 0.15) is 77.6 Å². The molecule has 2 rings (SSSR count). The first-order valence-corrected chi connectivity index (χ1v) is 10.2. The van der Waals surface area contributed by atoms with Gasteiger partial charge in [-0.3, -0.25) is 4.79 Å². The van der Waals surface area contributed by atoms with Crippen LogP contribution in [0.4, 0.5) is 4.39 Å². The van der Waals surface area contributed by atoms with Crippen LogP contribution in [-0.2, 0) is 9.53 Å². The monoisotopic (exact) mass is 361 g/mol. The molecule has 0 N–H and O–H groups in total. The summed E-state index contributed by atoms with van der Waals surface area (Å²) in [6, 6.07) is 1.45. The Kier molecular flexibility index (Phi) is 8.88. The summed E-state index contributed by atoms with van der Waals surface area (Å²) in [5.74, 6) is 0.803. The van der Waals surface area contributed by atoms with Crippen molar-refractivity contribution in [3.63, 3.8) is 0 Å². The van der Waals surface area contributed by atoms with Gasteiger partial charge in [0.05, 0.1) is 5.92 Å². The van der Waals surface area contributed by atoms with E-state index in [0.29, 0.717) is 5.92 Å². The van der Waals surface area contributed by atoms with Gasteiger partial charge in [0.2, 0.25) is 0 Å². The first-order chi connectivity index (χ1) is 12.6. The SMILES string of the molecule is CCC1CCC(OC(=O)C2CCC(CCC=CC=C(F)C#N)CC2)CC1. The second-order valence-corrected chi connectivity index (χ2v) is 7.84. The maximum atomic E-state index is 12.6. The lowest BCUT2D eigenvalue weighted by atomic mass is 9.80. The zero-order valence-electron chi connectivity index (χ0n) is 16.0. The van der Waals surface area contributed by atoms with Crippen molar-refractivity contribution in [3.8, 4) is 6.07 Å². The van der Waals surface area contributed by atoms with E-state index < -0.39 is 5.83 Å². The van der Waals surface area contributed by atoms with Gasteiger partial charge in [-0.1, -0.05) is 25.5 Å². The summed E-state index contributed by atoms with van der Waals surface area (Å²) in [4.78, 5) is 12.4. The van der Waals surface area contributed by atoms with Crippen molar-refractivity contribution in [1.29, 1.82) is 5.26 Å². The fraction of sp³-hybridized carbons (Fsp3) is 0.727. The molecule has 2 aliphatic carbocycles. The Morgan fingerprint density at radius 2 is 1.77 bits per heavy atom. The van der Waals surface area contributed by atoms with Crippen molar-refractivity contribution in [2.75, 3.05) is 0 Å². The molecular weight excluding hydrogens is 329 g/mol. The molecule has 0 spiro atoms. The average Bonchev–Trinajstić information content (AvgIpc) is 2.68. The minimum atomic E-state index is -0.761. The van der Waals surface area contributed by atoms with Crippen LogP contribution in [0.15, 0.2) is 24.1 Å². The molecule has 2 saturated carbocycles. The molecule has 0 heterocycles. The van der Waals surface area contributed by atoms with Crippen LogP contribution in [0.5, 0.6) is 0 Å². The van der Waals surface area contributed by atoms with E-state index in [2.05, 4.69) is 6.92 Å². The highest BCUT2D eigenvalue weighted by Gasteiger charge is 2.30. The second-order valence-electron chi connectivity index (χ2n) is 7.84. The summed E-state index contributed by atoms with van der Waals surface area (Å²) >= 11 is 0. The molecule has 0 atom stereocenters. The van der Waals surface area contributed by atoms with Crippen LogP contribution in [0.3, 0.4) is 0 Å². The Morgan fingerprint density at radius 3 is 2.38 bits per heavy atom. The Bertz CT molecular complexity index is 533. The highest BCUT2D eigenvalue weighted by molar-refractivity contribution is 5.72. The molecule has 144 valence electrons. The van der Waals surface area contributed by atoms with E-state index in [9.17, 15) is 9.18 Å². The molecule has 0 bridgehead atoms. The zero-order chi connectivity index (χ0) is 18.8. The minimum absolute atomic E-state index is 0.0282. The molecule has 26 heavy (non-hydrogen) atoms. The van der Waals surface area contributed by atoms with Crippen molar-refractivity contribution in [2.24, 2.45) is 17.8 Å². The lowest BCUT2D eigenvalue weighted by molar-refractivity contribution is -0.157. The van der Waals surface area contributed by atoms with Gasteiger partial charge >= 0.3 is 5.97 Å². The second kappa shape index (κ2) is 11.2. The van der Waals surface area contributed by atoms with Gasteiger partial charge < -0.3 is 4.74 Å². The standard InChI is InChI=1S/C22H32FNO2/c1-2-17-10-14-21(15-11-17)26-22(25)19-12-8-18(9-13-19)6-4-3-5-7-20(23)16-24/h3,5,7,17-19,21H,2,4,6,8-15H2,1H3. The van der Waals surface area contributed by atoms with Gasteiger partial charge in [0, 0.05) is 0 Å². The highest BCUT2D eigenvalue weighted by Crippen LogP contribution is 2.34. The molecule has 0 aromatic carbocycles. The van der Waals surface area contributed by atoms with E-state index in [1.54, 1.807) is 6.08 Å². The van der Waals surface area contributed by atoms with Gasteiger partial charge in [0.25, 0.3) is 0 Å². The quantitative estimate of drug-likeness (QED) is 0.316. The third-order valence-corrected chi connectivity index (χ3v) is 6.06. The predicted octanol–water partition coefficient (Wildman–Crippen LogP) is 6.02. The van der Waals surface area contributed by atoms with Gasteiger partial charge in [-0.15, -0.1) is 0 Å². The van der Waals surface area contributed by atoms with Gasteiger partial charge in [-0.25, -0.2) is 0 Å². The van der Waals surface area contributed by atoms with Crippen LogP contribution < -0.4 is 0 Å². The number of rotatable bonds is 7. The Balaban J connectivity index is 1.62. The summed E-state index contributed by atoms with van der Waals surface area (Å²) < 4.78 is 18.4. The molecule has 3 nitrogen and oxygen atoms in total. The molecule has 0 unspecified atom stereocenters. The number of carbonyl (C=O) groups is 1. The summed E-state index contributed by atoms with van der Waals surface area (Å²) in [6.07, 6.45) is 16.5. The molecule has 2 aliphatic rings. The fourth-order valence-electron chi connectivity index (χ4n) is 4.22. The smallest absolute Gasteiger partial charge is 0.309 e. The Labute approximate surface area is 157 Å². The molecule has 0 amide bonds. The Morgan fingerprint density at radius 1 is 1.12 bits per heavy atom. The van der Waals surface area contributed by atoms with E-state index in [4.69, 9.17) is 10.00 Å². The van der Waals surface area contributed by atoms with Crippen LogP contribution in [0.25, 0.3) is 0 Å². The molecule has 0 radical (unpaired) electrons. The summed E-state index contributed by atoms with van der Waals surface area (Å²) in [7, 11) is 0. The van der Waals surface area contributed by atoms with Crippen LogP contribution in [-0.4, -0.2) is 12.1 Å². The van der Waals surface area contributed by atoms with Gasteiger partial charge in [0.1, 0.15) is 12.2 Å². The molecule has 0 aromatic rings. The van der Waals surface area contributed by atoms with Gasteiger partial charge in [-0.2, -0.15) is 9.65 Å². The summed E-state index contributed by atoms with van der Waals surface area (Å²) in [5.41, 5.74) is 0. The number of nitriles is 1. The Hall–Kier alpha value is -1.63. The number of ether oxygens (including phenoxy) is 1. The third-order valence-electron chi connectivity index (χ3n) is 6.06. The number of esters is 1. The van der Waals surface area contributed by atoms with Gasteiger partial charge in [-0.05, 0) is 82.1 Å². The molecule has 0 aliphatic heterocycles. The number of hydrogen-bond acceptors (Lipinski definition) is 3. The minimum Gasteiger partial charge on any atom is -0.462 e. The number of carbonyl (C=O) groups excluding carboxylic acids is 1. The average molecular weight is 362 g/mol. The molecule has 4 heteroatoms. The van der Waals surface area contributed by atoms with Crippen LogP contribution in [0.2, 0.25) is 0 Å². The topological polar surface area (TPSA) is 50.1 Å². The van der Waals surface area contributed by atoms with E-state index >= 15 is 0 Å². The number of nitrogens with zero attached hydrogens (tertiary/aromatic N) is 1. The van der Waals surface area contributed by atoms with Gasteiger partial charge in [0.15, 0.2) is 5.83 Å². The zero-order valence-corrected chi connectivity index (χ0v) is 16.0. The molecule has 2 fully saturated rings. The highest BCUT2D eigenvalue weighted by atomic mass is 19.1. The van der Waals surface area contributed by atoms with Crippen molar-refractivity contribution < 1.29 is 13.9 Å². The van der Waals surface area contributed by atoms with Crippen molar-refractivity contribution in [3.05, 3.63) is 24.1 Å². The fourth-order valence-corrected chi connectivity index (χ4v) is 4.22. The van der Waals surface area contributed by atoms with Crippen molar-refractivity contribution >= 4 is 5.97 Å². The number of hydrogen-bond donors (Lipinski definition) is 0. The number of halogens is 1.